The number of morpholine rings is 1. The number of piperidine rings is 1. The van der Waals surface area contributed by atoms with Crippen LogP contribution in [0, 0.1) is 11.8 Å². The lowest BCUT2D eigenvalue weighted by Gasteiger charge is -2.33. The maximum absolute atomic E-state index is 5.93. The minimum atomic E-state index is 0.214. The van der Waals surface area contributed by atoms with E-state index in [2.05, 4.69) is 48.1 Å². The molecule has 2 N–H and O–H groups in total. The van der Waals surface area contributed by atoms with Crippen LogP contribution in [0.4, 0.5) is 0 Å². The molecular formula is C21H43N5O. The number of hydrogen-bond donors (Lipinski definition) is 2. The summed E-state index contributed by atoms with van der Waals surface area (Å²) in [6.07, 6.45) is 4.13. The quantitative estimate of drug-likeness (QED) is 0.473. The molecule has 2 fully saturated rings. The molecule has 0 aromatic carbocycles. The number of nitrogens with zero attached hydrogens (tertiary/aromatic N) is 3. The van der Waals surface area contributed by atoms with E-state index in [-0.39, 0.29) is 6.10 Å². The van der Waals surface area contributed by atoms with E-state index in [1.54, 1.807) is 0 Å². The van der Waals surface area contributed by atoms with Crippen molar-refractivity contribution in [2.75, 3.05) is 65.5 Å². The number of ether oxygens (including phenoxy) is 1. The van der Waals surface area contributed by atoms with Gasteiger partial charge in [-0.05, 0) is 57.7 Å². The van der Waals surface area contributed by atoms with Crippen molar-refractivity contribution in [1.82, 2.24) is 20.4 Å². The molecule has 2 aliphatic rings. The molecule has 0 aromatic rings. The first-order valence-corrected chi connectivity index (χ1v) is 11.2. The minimum absolute atomic E-state index is 0.214. The van der Waals surface area contributed by atoms with Crippen molar-refractivity contribution in [3.05, 3.63) is 0 Å². The van der Waals surface area contributed by atoms with Crippen LogP contribution in [0.3, 0.4) is 0 Å². The van der Waals surface area contributed by atoms with Crippen molar-refractivity contribution < 1.29 is 4.74 Å². The molecule has 2 saturated heterocycles. The number of nitrogens with one attached hydrogen (secondary N) is 2. The zero-order valence-electron chi connectivity index (χ0n) is 18.2. The molecule has 1 atom stereocenters. The molecule has 0 spiro atoms. The molecule has 2 rings (SSSR count). The Morgan fingerprint density at radius 1 is 1.11 bits per heavy atom. The van der Waals surface area contributed by atoms with Gasteiger partial charge in [0.25, 0.3) is 0 Å². The first kappa shape index (κ1) is 22.4. The summed E-state index contributed by atoms with van der Waals surface area (Å²) in [4.78, 5) is 9.86. The van der Waals surface area contributed by atoms with Crippen LogP contribution >= 0.6 is 0 Å². The molecule has 0 aliphatic carbocycles. The van der Waals surface area contributed by atoms with Crippen molar-refractivity contribution in [3.8, 4) is 0 Å². The monoisotopic (exact) mass is 381 g/mol. The van der Waals surface area contributed by atoms with Crippen molar-refractivity contribution in [3.63, 3.8) is 0 Å². The summed E-state index contributed by atoms with van der Waals surface area (Å²) in [5, 5.41) is 6.91. The number of aliphatic imine (C=N–C) groups is 1. The van der Waals surface area contributed by atoms with Gasteiger partial charge in [0.05, 0.1) is 19.3 Å². The van der Waals surface area contributed by atoms with Crippen LogP contribution in [0.1, 0.15) is 47.0 Å². The molecule has 0 radical (unpaired) electrons. The molecule has 0 aromatic heterocycles. The van der Waals surface area contributed by atoms with Crippen LogP contribution in [0.2, 0.25) is 0 Å². The normalized spacial score (nSPS) is 23.7. The summed E-state index contributed by atoms with van der Waals surface area (Å²) in [5.41, 5.74) is 0. The van der Waals surface area contributed by atoms with Gasteiger partial charge in [-0.15, -0.1) is 0 Å². The fourth-order valence-corrected chi connectivity index (χ4v) is 4.09. The third-order valence-electron chi connectivity index (χ3n) is 5.64. The van der Waals surface area contributed by atoms with Gasteiger partial charge in [-0.1, -0.05) is 20.8 Å². The summed E-state index contributed by atoms with van der Waals surface area (Å²) < 4.78 is 5.93. The predicted molar refractivity (Wildman–Crippen MR) is 114 cm³/mol. The smallest absolute Gasteiger partial charge is 0.191 e. The van der Waals surface area contributed by atoms with E-state index in [0.29, 0.717) is 5.92 Å². The molecule has 158 valence electrons. The van der Waals surface area contributed by atoms with Gasteiger partial charge in [0.2, 0.25) is 0 Å². The van der Waals surface area contributed by atoms with Gasteiger partial charge in [0.1, 0.15) is 0 Å². The SMILES string of the molecule is CCNC(=NCC1CN(CC(C)C)CCO1)NCCC1CCN(CC)CC1. The van der Waals surface area contributed by atoms with Crippen LogP contribution in [-0.2, 0) is 4.74 Å². The Balaban J connectivity index is 1.70. The third-order valence-corrected chi connectivity index (χ3v) is 5.64. The zero-order chi connectivity index (χ0) is 19.5. The van der Waals surface area contributed by atoms with E-state index >= 15 is 0 Å². The van der Waals surface area contributed by atoms with E-state index < -0.39 is 0 Å². The molecule has 0 amide bonds. The Kier molecular flexibility index (Phi) is 10.5. The fourth-order valence-electron chi connectivity index (χ4n) is 4.09. The maximum Gasteiger partial charge on any atom is 0.191 e. The lowest BCUT2D eigenvalue weighted by Crippen LogP contribution is -2.46. The molecule has 2 aliphatic heterocycles. The fraction of sp³-hybridized carbons (Fsp3) is 0.952. The number of likely N-dealkylation sites (tertiary alicyclic amines) is 1. The van der Waals surface area contributed by atoms with Gasteiger partial charge < -0.3 is 20.3 Å². The van der Waals surface area contributed by atoms with E-state index in [1.165, 1.54) is 38.9 Å². The van der Waals surface area contributed by atoms with Crippen LogP contribution in [0.5, 0.6) is 0 Å². The van der Waals surface area contributed by atoms with Gasteiger partial charge >= 0.3 is 0 Å². The summed E-state index contributed by atoms with van der Waals surface area (Å²) in [5.74, 6) is 2.50. The largest absolute Gasteiger partial charge is 0.374 e. The topological polar surface area (TPSA) is 52.1 Å². The summed E-state index contributed by atoms with van der Waals surface area (Å²) in [6, 6.07) is 0. The Labute approximate surface area is 167 Å². The average molecular weight is 382 g/mol. The second-order valence-corrected chi connectivity index (χ2v) is 8.46. The van der Waals surface area contributed by atoms with Crippen LogP contribution in [0.25, 0.3) is 0 Å². The summed E-state index contributed by atoms with van der Waals surface area (Å²) in [6.45, 7) is 19.3. The molecule has 27 heavy (non-hydrogen) atoms. The van der Waals surface area contributed by atoms with Crippen LogP contribution in [0.15, 0.2) is 4.99 Å². The highest BCUT2D eigenvalue weighted by atomic mass is 16.5. The molecule has 6 nitrogen and oxygen atoms in total. The third kappa shape index (κ3) is 8.79. The van der Waals surface area contributed by atoms with Gasteiger partial charge in [0.15, 0.2) is 5.96 Å². The summed E-state index contributed by atoms with van der Waals surface area (Å²) >= 11 is 0. The Bertz CT molecular complexity index is 421. The van der Waals surface area contributed by atoms with E-state index in [1.807, 2.05) is 0 Å². The molecular weight excluding hydrogens is 338 g/mol. The number of hydrogen-bond acceptors (Lipinski definition) is 4. The zero-order valence-corrected chi connectivity index (χ0v) is 18.2. The number of rotatable bonds is 9. The maximum atomic E-state index is 5.93. The highest BCUT2D eigenvalue weighted by Gasteiger charge is 2.21. The average Bonchev–Trinajstić information content (AvgIpc) is 2.66. The van der Waals surface area contributed by atoms with Crippen molar-refractivity contribution in [2.24, 2.45) is 16.8 Å². The lowest BCUT2D eigenvalue weighted by atomic mass is 9.93. The van der Waals surface area contributed by atoms with E-state index in [9.17, 15) is 0 Å². The van der Waals surface area contributed by atoms with E-state index in [4.69, 9.17) is 9.73 Å². The molecule has 6 heteroatoms. The van der Waals surface area contributed by atoms with Crippen molar-refractivity contribution in [1.29, 1.82) is 0 Å². The lowest BCUT2D eigenvalue weighted by molar-refractivity contribution is -0.0261. The highest BCUT2D eigenvalue weighted by molar-refractivity contribution is 5.79. The van der Waals surface area contributed by atoms with Crippen molar-refractivity contribution >= 4 is 5.96 Å². The second kappa shape index (κ2) is 12.6. The first-order valence-electron chi connectivity index (χ1n) is 11.2. The Morgan fingerprint density at radius 3 is 2.56 bits per heavy atom. The molecule has 1 unspecified atom stereocenters. The molecule has 0 bridgehead atoms. The minimum Gasteiger partial charge on any atom is -0.374 e. The van der Waals surface area contributed by atoms with Gasteiger partial charge in [-0.3, -0.25) is 9.89 Å². The second-order valence-electron chi connectivity index (χ2n) is 8.46. The van der Waals surface area contributed by atoms with Gasteiger partial charge in [-0.25, -0.2) is 0 Å². The van der Waals surface area contributed by atoms with Gasteiger partial charge in [-0.2, -0.15) is 0 Å². The van der Waals surface area contributed by atoms with E-state index in [0.717, 1.165) is 57.8 Å². The highest BCUT2D eigenvalue weighted by Crippen LogP contribution is 2.19. The molecule has 0 saturated carbocycles. The number of guanidine groups is 1. The first-order chi connectivity index (χ1) is 13.1. The Morgan fingerprint density at radius 2 is 1.89 bits per heavy atom. The van der Waals surface area contributed by atoms with Gasteiger partial charge in [0, 0.05) is 32.7 Å². The Hall–Kier alpha value is -0.850. The summed E-state index contributed by atoms with van der Waals surface area (Å²) in [7, 11) is 0. The molecule has 2 heterocycles. The van der Waals surface area contributed by atoms with Crippen molar-refractivity contribution in [2.45, 2.75) is 53.1 Å². The predicted octanol–water partition coefficient (Wildman–Crippen LogP) is 2.02. The standard InChI is InChI=1S/C21H43N5O/c1-5-22-21(23-10-7-19-8-11-25(6-2)12-9-19)24-15-20-17-26(13-14-27-20)16-18(3)4/h18-20H,5-17H2,1-4H3,(H2,22,23,24). The van der Waals surface area contributed by atoms with Crippen LogP contribution < -0.4 is 10.6 Å². The van der Waals surface area contributed by atoms with Crippen LogP contribution in [-0.4, -0.2) is 87.4 Å².